The number of rotatable bonds is 3. The molecule has 1 aromatic rings. The molecular weight excluding hydrogens is 345 g/mol. The SMILES string of the molecule is CS(=O)(=O)N1CCCN(C(=O)NC2CC(c3cccc(F)c3)C2)CC1. The second kappa shape index (κ2) is 7.29. The number of hydrogen-bond donors (Lipinski definition) is 1. The highest BCUT2D eigenvalue weighted by atomic mass is 32.2. The van der Waals surface area contributed by atoms with Gasteiger partial charge < -0.3 is 10.2 Å². The van der Waals surface area contributed by atoms with E-state index >= 15 is 0 Å². The highest BCUT2D eigenvalue weighted by molar-refractivity contribution is 7.88. The number of carbonyl (C=O) groups excluding carboxylic acids is 1. The van der Waals surface area contributed by atoms with E-state index in [4.69, 9.17) is 0 Å². The van der Waals surface area contributed by atoms with Crippen LogP contribution < -0.4 is 5.32 Å². The van der Waals surface area contributed by atoms with Crippen molar-refractivity contribution < 1.29 is 17.6 Å². The number of nitrogens with zero attached hydrogens (tertiary/aromatic N) is 2. The molecule has 0 aromatic heterocycles. The lowest BCUT2D eigenvalue weighted by atomic mass is 9.76. The van der Waals surface area contributed by atoms with Gasteiger partial charge in [0.25, 0.3) is 0 Å². The number of nitrogens with one attached hydrogen (secondary N) is 1. The topological polar surface area (TPSA) is 69.7 Å². The lowest BCUT2D eigenvalue weighted by Gasteiger charge is -2.37. The van der Waals surface area contributed by atoms with E-state index in [1.54, 1.807) is 17.0 Å². The third-order valence-electron chi connectivity index (χ3n) is 5.00. The number of amides is 2. The minimum absolute atomic E-state index is 0.0926. The molecule has 6 nitrogen and oxygen atoms in total. The lowest BCUT2D eigenvalue weighted by Crippen LogP contribution is -2.50. The quantitative estimate of drug-likeness (QED) is 0.882. The van der Waals surface area contributed by atoms with Gasteiger partial charge in [0.15, 0.2) is 0 Å². The zero-order chi connectivity index (χ0) is 18.0. The van der Waals surface area contributed by atoms with Crippen LogP contribution in [0.3, 0.4) is 0 Å². The molecule has 1 N–H and O–H groups in total. The average molecular weight is 369 g/mol. The molecule has 1 aliphatic carbocycles. The first kappa shape index (κ1) is 18.1. The first-order valence-corrected chi connectivity index (χ1v) is 10.4. The van der Waals surface area contributed by atoms with Crippen LogP contribution >= 0.6 is 0 Å². The Morgan fingerprint density at radius 2 is 1.96 bits per heavy atom. The molecule has 0 bridgehead atoms. The second-order valence-corrected chi connectivity index (χ2v) is 8.85. The van der Waals surface area contributed by atoms with Gasteiger partial charge in [-0.3, -0.25) is 0 Å². The van der Waals surface area contributed by atoms with E-state index in [2.05, 4.69) is 5.32 Å². The van der Waals surface area contributed by atoms with Crippen molar-refractivity contribution in [2.24, 2.45) is 0 Å². The van der Waals surface area contributed by atoms with E-state index in [0.717, 1.165) is 18.4 Å². The molecule has 8 heteroatoms. The molecule has 2 fully saturated rings. The van der Waals surface area contributed by atoms with Crippen LogP contribution in [-0.2, 0) is 10.0 Å². The zero-order valence-corrected chi connectivity index (χ0v) is 15.1. The van der Waals surface area contributed by atoms with Crippen LogP contribution in [0.2, 0.25) is 0 Å². The van der Waals surface area contributed by atoms with Crippen molar-refractivity contribution in [1.29, 1.82) is 0 Å². The maximum Gasteiger partial charge on any atom is 0.317 e. The van der Waals surface area contributed by atoms with Gasteiger partial charge in [0.2, 0.25) is 10.0 Å². The van der Waals surface area contributed by atoms with Crippen LogP contribution in [-0.4, -0.2) is 62.1 Å². The monoisotopic (exact) mass is 369 g/mol. The van der Waals surface area contributed by atoms with Gasteiger partial charge in [-0.1, -0.05) is 12.1 Å². The van der Waals surface area contributed by atoms with E-state index in [1.807, 2.05) is 6.07 Å². The van der Waals surface area contributed by atoms with Crippen LogP contribution in [0.5, 0.6) is 0 Å². The predicted octanol–water partition coefficient (Wildman–Crippen LogP) is 1.75. The summed E-state index contributed by atoms with van der Waals surface area (Å²) >= 11 is 0. The summed E-state index contributed by atoms with van der Waals surface area (Å²) in [6, 6.07) is 6.56. The summed E-state index contributed by atoms with van der Waals surface area (Å²) in [5.41, 5.74) is 0.976. The molecule has 0 unspecified atom stereocenters. The smallest absolute Gasteiger partial charge is 0.317 e. The summed E-state index contributed by atoms with van der Waals surface area (Å²) in [6.07, 6.45) is 3.44. The van der Waals surface area contributed by atoms with Crippen molar-refractivity contribution in [3.05, 3.63) is 35.6 Å². The fraction of sp³-hybridized carbons (Fsp3) is 0.588. The summed E-state index contributed by atoms with van der Waals surface area (Å²) in [5.74, 6) is 0.0517. The maximum atomic E-state index is 13.3. The van der Waals surface area contributed by atoms with Crippen LogP contribution in [0, 0.1) is 5.82 Å². The van der Waals surface area contributed by atoms with Gasteiger partial charge >= 0.3 is 6.03 Å². The maximum absolute atomic E-state index is 13.3. The van der Waals surface area contributed by atoms with Crippen molar-refractivity contribution in [2.45, 2.75) is 31.2 Å². The number of urea groups is 1. The molecule has 0 atom stereocenters. The minimum Gasteiger partial charge on any atom is -0.335 e. The lowest BCUT2D eigenvalue weighted by molar-refractivity contribution is 0.184. The Labute approximate surface area is 148 Å². The molecule has 1 aromatic carbocycles. The second-order valence-electron chi connectivity index (χ2n) is 6.87. The number of halogens is 1. The van der Waals surface area contributed by atoms with E-state index < -0.39 is 10.0 Å². The van der Waals surface area contributed by atoms with Crippen LogP contribution in [0.25, 0.3) is 0 Å². The van der Waals surface area contributed by atoms with E-state index in [9.17, 15) is 17.6 Å². The zero-order valence-electron chi connectivity index (χ0n) is 14.3. The molecule has 2 amide bonds. The van der Waals surface area contributed by atoms with Crippen molar-refractivity contribution in [3.8, 4) is 0 Å². The van der Waals surface area contributed by atoms with Crippen LogP contribution in [0.15, 0.2) is 24.3 Å². The number of hydrogen-bond acceptors (Lipinski definition) is 3. The fourth-order valence-electron chi connectivity index (χ4n) is 3.46. The molecule has 1 heterocycles. The summed E-state index contributed by atoms with van der Waals surface area (Å²) in [6.45, 7) is 1.74. The Balaban J connectivity index is 1.47. The standard InChI is InChI=1S/C17H24FN3O3S/c1-25(23,24)21-7-3-6-20(8-9-21)17(22)19-16-11-14(12-16)13-4-2-5-15(18)10-13/h2,4-5,10,14,16H,3,6-9,11-12H2,1H3,(H,19,22). The van der Waals surface area contributed by atoms with Crippen molar-refractivity contribution in [2.75, 3.05) is 32.4 Å². The molecular formula is C17H24FN3O3S. The molecule has 0 spiro atoms. The van der Waals surface area contributed by atoms with Gasteiger partial charge in [0.05, 0.1) is 6.26 Å². The molecule has 0 radical (unpaired) electrons. The van der Waals surface area contributed by atoms with E-state index in [-0.39, 0.29) is 23.8 Å². The van der Waals surface area contributed by atoms with Crippen LogP contribution in [0.4, 0.5) is 9.18 Å². The van der Waals surface area contributed by atoms with Crippen molar-refractivity contribution in [3.63, 3.8) is 0 Å². The van der Waals surface area contributed by atoms with E-state index in [0.29, 0.717) is 32.6 Å². The van der Waals surface area contributed by atoms with Gasteiger partial charge in [-0.05, 0) is 42.9 Å². The molecule has 138 valence electrons. The molecule has 25 heavy (non-hydrogen) atoms. The van der Waals surface area contributed by atoms with E-state index in [1.165, 1.54) is 16.6 Å². The molecule has 1 saturated carbocycles. The third kappa shape index (κ3) is 4.49. The summed E-state index contributed by atoms with van der Waals surface area (Å²) in [7, 11) is -3.21. The summed E-state index contributed by atoms with van der Waals surface area (Å²) < 4.78 is 37.9. The summed E-state index contributed by atoms with van der Waals surface area (Å²) in [5, 5.41) is 3.01. The predicted molar refractivity (Wildman–Crippen MR) is 93.3 cm³/mol. The Morgan fingerprint density at radius 3 is 2.64 bits per heavy atom. The van der Waals surface area contributed by atoms with Gasteiger partial charge in [-0.15, -0.1) is 0 Å². The van der Waals surface area contributed by atoms with Crippen molar-refractivity contribution >= 4 is 16.1 Å². The number of sulfonamides is 1. The Hall–Kier alpha value is -1.67. The minimum atomic E-state index is -3.21. The highest BCUT2D eigenvalue weighted by Crippen LogP contribution is 2.37. The highest BCUT2D eigenvalue weighted by Gasteiger charge is 2.33. The first-order valence-electron chi connectivity index (χ1n) is 8.59. The van der Waals surface area contributed by atoms with Gasteiger partial charge in [0, 0.05) is 32.2 Å². The number of carbonyl (C=O) groups is 1. The van der Waals surface area contributed by atoms with Crippen LogP contribution in [0.1, 0.15) is 30.7 Å². The Bertz CT molecular complexity index is 734. The third-order valence-corrected chi connectivity index (χ3v) is 6.30. The van der Waals surface area contributed by atoms with Gasteiger partial charge in [0.1, 0.15) is 5.82 Å². The average Bonchev–Trinajstić information content (AvgIpc) is 2.76. The normalized spacial score (nSPS) is 25.1. The largest absolute Gasteiger partial charge is 0.335 e. The molecule has 2 aliphatic rings. The molecule has 1 saturated heterocycles. The fourth-order valence-corrected chi connectivity index (χ4v) is 4.34. The van der Waals surface area contributed by atoms with Gasteiger partial charge in [-0.25, -0.2) is 21.9 Å². The van der Waals surface area contributed by atoms with Crippen molar-refractivity contribution in [1.82, 2.24) is 14.5 Å². The number of benzene rings is 1. The Kier molecular flexibility index (Phi) is 5.29. The first-order chi connectivity index (χ1) is 11.8. The summed E-state index contributed by atoms with van der Waals surface area (Å²) in [4.78, 5) is 14.1. The Morgan fingerprint density at radius 1 is 1.20 bits per heavy atom. The molecule has 3 rings (SSSR count). The molecule has 1 aliphatic heterocycles. The van der Waals surface area contributed by atoms with Gasteiger partial charge in [-0.2, -0.15) is 0 Å².